The molecule has 7 heteroatoms. The van der Waals surface area contributed by atoms with Crippen molar-refractivity contribution >= 4 is 27.6 Å². The number of hydrogen-bond donors (Lipinski definition) is 1. The first-order chi connectivity index (χ1) is 9.77. The molecule has 3 nitrogen and oxygen atoms in total. The minimum absolute atomic E-state index is 0.133. The summed E-state index contributed by atoms with van der Waals surface area (Å²) < 4.78 is 38.5. The van der Waals surface area contributed by atoms with Crippen LogP contribution in [0, 0.1) is 5.92 Å². The molecule has 21 heavy (non-hydrogen) atoms. The number of nitrogens with one attached hydrogen (secondary N) is 1. The number of piperidine rings is 1. The number of amides is 2. The van der Waals surface area contributed by atoms with E-state index >= 15 is 0 Å². The molecular formula is C14H16BrF3N2O. The summed E-state index contributed by atoms with van der Waals surface area (Å²) in [5.41, 5.74) is -0.651. The Bertz CT molecular complexity index is 525. The van der Waals surface area contributed by atoms with Gasteiger partial charge in [0.1, 0.15) is 0 Å². The van der Waals surface area contributed by atoms with Gasteiger partial charge in [0.25, 0.3) is 0 Å². The minimum Gasteiger partial charge on any atom is -0.325 e. The summed E-state index contributed by atoms with van der Waals surface area (Å²) in [5, 5.41) is 2.55. The molecule has 1 aromatic rings. The summed E-state index contributed by atoms with van der Waals surface area (Å²) in [6.07, 6.45) is -2.60. The molecule has 1 heterocycles. The summed E-state index contributed by atoms with van der Waals surface area (Å²) >= 11 is 3.16. The molecule has 2 rings (SSSR count). The first kappa shape index (κ1) is 16.1. The van der Waals surface area contributed by atoms with Gasteiger partial charge < -0.3 is 10.2 Å². The van der Waals surface area contributed by atoms with E-state index in [0.717, 1.165) is 25.0 Å². The Balaban J connectivity index is 2.10. The molecule has 0 aliphatic carbocycles. The average Bonchev–Trinajstić information content (AvgIpc) is 2.40. The summed E-state index contributed by atoms with van der Waals surface area (Å²) in [4.78, 5) is 13.7. The molecule has 1 saturated heterocycles. The monoisotopic (exact) mass is 364 g/mol. The zero-order valence-corrected chi connectivity index (χ0v) is 13.1. The Labute approximate surface area is 129 Å². The van der Waals surface area contributed by atoms with Crippen LogP contribution in [0.2, 0.25) is 0 Å². The van der Waals surface area contributed by atoms with Crippen molar-refractivity contribution in [2.45, 2.75) is 25.9 Å². The maximum atomic E-state index is 12.7. The summed E-state index contributed by atoms with van der Waals surface area (Å²) in [5.74, 6) is 0.578. The number of rotatable bonds is 1. The fraction of sp³-hybridized carbons (Fsp3) is 0.500. The largest absolute Gasteiger partial charge is 0.416 e. The lowest BCUT2D eigenvalue weighted by molar-refractivity contribution is -0.137. The molecule has 0 bridgehead atoms. The van der Waals surface area contributed by atoms with E-state index in [0.29, 0.717) is 23.5 Å². The molecule has 1 fully saturated rings. The summed E-state index contributed by atoms with van der Waals surface area (Å²) in [7, 11) is 0. The van der Waals surface area contributed by atoms with Crippen molar-refractivity contribution in [2.75, 3.05) is 18.4 Å². The molecule has 0 radical (unpaired) electrons. The van der Waals surface area contributed by atoms with E-state index in [1.807, 2.05) is 0 Å². The van der Waals surface area contributed by atoms with Crippen LogP contribution in [0.25, 0.3) is 0 Å². The van der Waals surface area contributed by atoms with Crippen LogP contribution >= 0.6 is 15.9 Å². The van der Waals surface area contributed by atoms with Crippen molar-refractivity contribution < 1.29 is 18.0 Å². The Morgan fingerprint density at radius 2 is 1.95 bits per heavy atom. The van der Waals surface area contributed by atoms with Crippen LogP contribution in [-0.2, 0) is 6.18 Å². The highest BCUT2D eigenvalue weighted by molar-refractivity contribution is 9.10. The van der Waals surface area contributed by atoms with Gasteiger partial charge in [-0.1, -0.05) is 6.92 Å². The molecule has 0 saturated carbocycles. The second-order valence-corrected chi connectivity index (χ2v) is 6.15. The summed E-state index contributed by atoms with van der Waals surface area (Å²) in [6, 6.07) is 2.84. The van der Waals surface area contributed by atoms with Gasteiger partial charge in [-0.2, -0.15) is 13.2 Å². The first-order valence-electron chi connectivity index (χ1n) is 6.70. The number of hydrogen-bond acceptors (Lipinski definition) is 1. The zero-order valence-electron chi connectivity index (χ0n) is 11.5. The fourth-order valence-electron chi connectivity index (χ4n) is 2.20. The van der Waals surface area contributed by atoms with Crippen LogP contribution in [0.3, 0.4) is 0 Å². The van der Waals surface area contributed by atoms with Crippen LogP contribution in [0.5, 0.6) is 0 Å². The van der Waals surface area contributed by atoms with Crippen molar-refractivity contribution in [2.24, 2.45) is 5.92 Å². The number of nitrogens with zero attached hydrogens (tertiary/aromatic N) is 1. The quantitative estimate of drug-likeness (QED) is 0.767. The van der Waals surface area contributed by atoms with Crippen LogP contribution in [0.4, 0.5) is 23.7 Å². The highest BCUT2D eigenvalue weighted by atomic mass is 79.9. The summed E-state index contributed by atoms with van der Waals surface area (Å²) in [6.45, 7) is 3.38. The number of carbonyl (C=O) groups excluding carboxylic acids is 1. The normalized spacial score (nSPS) is 16.9. The fourth-order valence-corrected chi connectivity index (χ4v) is 2.55. The van der Waals surface area contributed by atoms with Crippen molar-refractivity contribution in [1.29, 1.82) is 0 Å². The minimum atomic E-state index is -4.43. The van der Waals surface area contributed by atoms with Gasteiger partial charge in [0.2, 0.25) is 0 Å². The molecule has 0 spiro atoms. The van der Waals surface area contributed by atoms with Crippen molar-refractivity contribution in [3.05, 3.63) is 28.2 Å². The number of alkyl halides is 3. The standard InChI is InChI=1S/C14H16BrF3N2O/c1-9-4-6-20(7-5-9)13(21)19-12-8-10(14(16,17)18)2-3-11(12)15/h2-3,8-9H,4-7H2,1H3,(H,19,21). The van der Waals surface area contributed by atoms with E-state index in [-0.39, 0.29) is 11.7 Å². The third kappa shape index (κ3) is 4.12. The number of halogens is 4. The maximum Gasteiger partial charge on any atom is 0.416 e. The van der Waals surface area contributed by atoms with Crippen molar-refractivity contribution in [3.63, 3.8) is 0 Å². The molecule has 0 unspecified atom stereocenters. The highest BCUT2D eigenvalue weighted by Gasteiger charge is 2.31. The Kier molecular flexibility index (Phi) is 4.81. The van der Waals surface area contributed by atoms with Gasteiger partial charge in [0, 0.05) is 17.6 Å². The average molecular weight is 365 g/mol. The zero-order chi connectivity index (χ0) is 15.6. The number of likely N-dealkylation sites (tertiary alicyclic amines) is 1. The van der Waals surface area contributed by atoms with Gasteiger partial charge in [0.15, 0.2) is 0 Å². The topological polar surface area (TPSA) is 32.3 Å². The molecule has 1 aliphatic heterocycles. The SMILES string of the molecule is CC1CCN(C(=O)Nc2cc(C(F)(F)F)ccc2Br)CC1. The predicted octanol–water partition coefficient (Wildman–Crippen LogP) is 4.73. The Morgan fingerprint density at radius 3 is 2.52 bits per heavy atom. The van der Waals surface area contributed by atoms with Crippen molar-refractivity contribution in [3.8, 4) is 0 Å². The number of urea groups is 1. The third-order valence-electron chi connectivity index (χ3n) is 3.61. The molecule has 2 amide bonds. The van der Waals surface area contributed by atoms with E-state index in [4.69, 9.17) is 0 Å². The van der Waals surface area contributed by atoms with Crippen LogP contribution in [0.15, 0.2) is 22.7 Å². The van der Waals surface area contributed by atoms with Gasteiger partial charge in [-0.05, 0) is 52.9 Å². The van der Waals surface area contributed by atoms with E-state index in [1.54, 1.807) is 4.90 Å². The van der Waals surface area contributed by atoms with E-state index in [2.05, 4.69) is 28.2 Å². The molecule has 1 aromatic carbocycles. The predicted molar refractivity (Wildman–Crippen MR) is 78.1 cm³/mol. The van der Waals surface area contributed by atoms with Crippen LogP contribution in [0.1, 0.15) is 25.3 Å². The van der Waals surface area contributed by atoms with E-state index in [1.165, 1.54) is 6.07 Å². The second kappa shape index (κ2) is 6.25. The molecule has 1 N–H and O–H groups in total. The number of benzene rings is 1. The van der Waals surface area contributed by atoms with E-state index < -0.39 is 11.7 Å². The van der Waals surface area contributed by atoms with Crippen LogP contribution < -0.4 is 5.32 Å². The smallest absolute Gasteiger partial charge is 0.325 e. The Hall–Kier alpha value is -1.24. The lowest BCUT2D eigenvalue weighted by atomic mass is 10.00. The van der Waals surface area contributed by atoms with Gasteiger partial charge in [-0.15, -0.1) is 0 Å². The molecule has 1 aliphatic rings. The molecular weight excluding hydrogens is 349 g/mol. The molecule has 0 aromatic heterocycles. The van der Waals surface area contributed by atoms with Crippen LogP contribution in [-0.4, -0.2) is 24.0 Å². The number of carbonyl (C=O) groups is 1. The molecule has 0 atom stereocenters. The van der Waals surface area contributed by atoms with Gasteiger partial charge in [-0.3, -0.25) is 0 Å². The maximum absolute atomic E-state index is 12.7. The first-order valence-corrected chi connectivity index (χ1v) is 7.49. The van der Waals surface area contributed by atoms with E-state index in [9.17, 15) is 18.0 Å². The van der Waals surface area contributed by atoms with Gasteiger partial charge >= 0.3 is 12.2 Å². The third-order valence-corrected chi connectivity index (χ3v) is 4.30. The van der Waals surface area contributed by atoms with Crippen molar-refractivity contribution in [1.82, 2.24) is 4.90 Å². The lowest BCUT2D eigenvalue weighted by Crippen LogP contribution is -2.40. The lowest BCUT2D eigenvalue weighted by Gasteiger charge is -2.30. The Morgan fingerprint density at radius 1 is 1.33 bits per heavy atom. The highest BCUT2D eigenvalue weighted by Crippen LogP contribution is 2.34. The second-order valence-electron chi connectivity index (χ2n) is 5.29. The number of anilines is 1. The van der Waals surface area contributed by atoms with Gasteiger partial charge in [0.05, 0.1) is 11.3 Å². The van der Waals surface area contributed by atoms with Gasteiger partial charge in [-0.25, -0.2) is 4.79 Å². The molecule has 116 valence electrons.